The number of methoxy groups -OCH3 is 1. The van der Waals surface area contributed by atoms with Crippen LogP contribution >= 0.6 is 0 Å². The van der Waals surface area contributed by atoms with Crippen LogP contribution in [0.4, 0.5) is 0 Å². The van der Waals surface area contributed by atoms with Crippen molar-refractivity contribution in [3.05, 3.63) is 0 Å². The zero-order chi connectivity index (χ0) is 13.1. The van der Waals surface area contributed by atoms with Crippen LogP contribution < -0.4 is 5.32 Å². The molecule has 3 nitrogen and oxygen atoms in total. The van der Waals surface area contributed by atoms with Gasteiger partial charge < -0.3 is 10.1 Å². The second kappa shape index (κ2) is 10.6. The summed E-state index contributed by atoms with van der Waals surface area (Å²) in [6.45, 7) is 8.40. The van der Waals surface area contributed by atoms with Gasteiger partial charge in [0.05, 0.1) is 13.0 Å². The first-order valence-electron chi connectivity index (χ1n) is 7.06. The standard InChI is InChI=1S/C12H23NO2.C2H6/c1-3-8-13-9-10-4-6-11(7-5-10)12(14)15-2;1-2/h10-11,13H,3-9H2,1-2H3;1-2H3. The van der Waals surface area contributed by atoms with Gasteiger partial charge in [0.1, 0.15) is 0 Å². The van der Waals surface area contributed by atoms with Crippen molar-refractivity contribution in [1.82, 2.24) is 5.32 Å². The molecule has 0 aromatic carbocycles. The van der Waals surface area contributed by atoms with Crippen molar-refractivity contribution >= 4 is 5.97 Å². The Morgan fingerprint density at radius 1 is 1.24 bits per heavy atom. The zero-order valence-corrected chi connectivity index (χ0v) is 11.9. The average molecular weight is 243 g/mol. The zero-order valence-electron chi connectivity index (χ0n) is 11.9. The summed E-state index contributed by atoms with van der Waals surface area (Å²) in [5.41, 5.74) is 0. The summed E-state index contributed by atoms with van der Waals surface area (Å²) in [5.74, 6) is 0.907. The highest BCUT2D eigenvalue weighted by Gasteiger charge is 2.26. The molecule has 0 spiro atoms. The number of hydrogen-bond acceptors (Lipinski definition) is 3. The van der Waals surface area contributed by atoms with Crippen LogP contribution in [-0.2, 0) is 9.53 Å². The molecule has 0 radical (unpaired) electrons. The first-order chi connectivity index (χ1) is 8.27. The Morgan fingerprint density at radius 2 is 1.82 bits per heavy atom. The normalized spacial score (nSPS) is 23.5. The highest BCUT2D eigenvalue weighted by molar-refractivity contribution is 5.72. The Bertz CT molecular complexity index is 187. The van der Waals surface area contributed by atoms with Crippen LogP contribution in [0.2, 0.25) is 0 Å². The van der Waals surface area contributed by atoms with Gasteiger partial charge in [-0.15, -0.1) is 0 Å². The minimum atomic E-state index is -0.0185. The SMILES string of the molecule is CC.CCCNCC1CCC(C(=O)OC)CC1. The number of ether oxygens (including phenoxy) is 1. The van der Waals surface area contributed by atoms with Gasteiger partial charge in [0.15, 0.2) is 0 Å². The Kier molecular flexibility index (Phi) is 10.2. The molecule has 0 aromatic rings. The molecule has 102 valence electrons. The van der Waals surface area contributed by atoms with Gasteiger partial charge in [-0.25, -0.2) is 0 Å². The third-order valence-corrected chi connectivity index (χ3v) is 3.24. The first-order valence-corrected chi connectivity index (χ1v) is 7.06. The molecule has 1 fully saturated rings. The second-order valence-corrected chi connectivity index (χ2v) is 4.44. The lowest BCUT2D eigenvalue weighted by Gasteiger charge is -2.26. The van der Waals surface area contributed by atoms with Crippen LogP contribution in [0.3, 0.4) is 0 Å². The fraction of sp³-hybridized carbons (Fsp3) is 0.929. The molecule has 1 aliphatic carbocycles. The van der Waals surface area contributed by atoms with Gasteiger partial charge in [-0.1, -0.05) is 20.8 Å². The monoisotopic (exact) mass is 243 g/mol. The van der Waals surface area contributed by atoms with Crippen molar-refractivity contribution in [2.45, 2.75) is 52.9 Å². The van der Waals surface area contributed by atoms with Crippen LogP contribution in [0.5, 0.6) is 0 Å². The summed E-state index contributed by atoms with van der Waals surface area (Å²) in [4.78, 5) is 11.3. The molecule has 0 aliphatic heterocycles. The van der Waals surface area contributed by atoms with Crippen LogP contribution in [0, 0.1) is 11.8 Å². The third-order valence-electron chi connectivity index (χ3n) is 3.24. The van der Waals surface area contributed by atoms with Crippen LogP contribution in [0.25, 0.3) is 0 Å². The van der Waals surface area contributed by atoms with Gasteiger partial charge in [0, 0.05) is 0 Å². The van der Waals surface area contributed by atoms with Gasteiger partial charge >= 0.3 is 5.97 Å². The van der Waals surface area contributed by atoms with E-state index in [0.29, 0.717) is 0 Å². The lowest BCUT2D eigenvalue weighted by molar-refractivity contribution is -0.146. The molecule has 1 aliphatic rings. The summed E-state index contributed by atoms with van der Waals surface area (Å²) in [5, 5.41) is 3.45. The molecule has 1 saturated carbocycles. The van der Waals surface area contributed by atoms with Crippen LogP contribution in [0.1, 0.15) is 52.9 Å². The van der Waals surface area contributed by atoms with Gasteiger partial charge in [-0.2, -0.15) is 0 Å². The molecule has 0 amide bonds. The highest BCUT2D eigenvalue weighted by Crippen LogP contribution is 2.28. The lowest BCUT2D eigenvalue weighted by Crippen LogP contribution is -2.29. The van der Waals surface area contributed by atoms with Crippen LogP contribution in [0.15, 0.2) is 0 Å². The molecule has 1 N–H and O–H groups in total. The Morgan fingerprint density at radius 3 is 2.29 bits per heavy atom. The summed E-state index contributed by atoms with van der Waals surface area (Å²) in [6, 6.07) is 0. The van der Waals surface area contributed by atoms with Crippen molar-refractivity contribution in [2.24, 2.45) is 11.8 Å². The van der Waals surface area contributed by atoms with Gasteiger partial charge in [-0.05, 0) is 51.1 Å². The predicted octanol–water partition coefficient (Wildman–Crippen LogP) is 2.99. The lowest BCUT2D eigenvalue weighted by atomic mass is 9.82. The minimum absolute atomic E-state index is 0.0185. The molecule has 0 heterocycles. The predicted molar refractivity (Wildman–Crippen MR) is 72.0 cm³/mol. The fourth-order valence-corrected chi connectivity index (χ4v) is 2.25. The molecule has 1 rings (SSSR count). The van der Waals surface area contributed by atoms with Crippen molar-refractivity contribution in [1.29, 1.82) is 0 Å². The quantitative estimate of drug-likeness (QED) is 0.596. The van der Waals surface area contributed by atoms with E-state index in [1.807, 2.05) is 13.8 Å². The smallest absolute Gasteiger partial charge is 0.308 e. The van der Waals surface area contributed by atoms with Gasteiger partial charge in [0.25, 0.3) is 0 Å². The van der Waals surface area contributed by atoms with E-state index in [9.17, 15) is 4.79 Å². The Balaban J connectivity index is 0.00000121. The van der Waals surface area contributed by atoms with E-state index in [1.54, 1.807) is 0 Å². The number of esters is 1. The molecule has 0 aromatic heterocycles. The Labute approximate surface area is 106 Å². The topological polar surface area (TPSA) is 38.3 Å². The molecule has 0 bridgehead atoms. The number of rotatable bonds is 5. The number of carbonyl (C=O) groups excluding carboxylic acids is 1. The molecular weight excluding hydrogens is 214 g/mol. The number of nitrogens with one attached hydrogen (secondary N) is 1. The average Bonchev–Trinajstić information content (AvgIpc) is 2.41. The molecule has 17 heavy (non-hydrogen) atoms. The first kappa shape index (κ1) is 16.4. The Hall–Kier alpha value is -0.570. The van der Waals surface area contributed by atoms with E-state index in [1.165, 1.54) is 13.5 Å². The molecule has 0 saturated heterocycles. The van der Waals surface area contributed by atoms with E-state index in [0.717, 1.165) is 44.7 Å². The minimum Gasteiger partial charge on any atom is -0.469 e. The van der Waals surface area contributed by atoms with Crippen molar-refractivity contribution in [3.8, 4) is 0 Å². The maximum absolute atomic E-state index is 11.3. The maximum atomic E-state index is 11.3. The maximum Gasteiger partial charge on any atom is 0.308 e. The number of hydrogen-bond donors (Lipinski definition) is 1. The summed E-state index contributed by atoms with van der Waals surface area (Å²) in [6.07, 6.45) is 5.53. The van der Waals surface area contributed by atoms with Crippen molar-refractivity contribution in [2.75, 3.05) is 20.2 Å². The third kappa shape index (κ3) is 6.67. The molecule has 0 atom stereocenters. The fourth-order valence-electron chi connectivity index (χ4n) is 2.25. The van der Waals surface area contributed by atoms with E-state index in [-0.39, 0.29) is 11.9 Å². The van der Waals surface area contributed by atoms with Gasteiger partial charge in [-0.3, -0.25) is 4.79 Å². The highest BCUT2D eigenvalue weighted by atomic mass is 16.5. The van der Waals surface area contributed by atoms with Gasteiger partial charge in [0.2, 0.25) is 0 Å². The second-order valence-electron chi connectivity index (χ2n) is 4.44. The summed E-state index contributed by atoms with van der Waals surface area (Å²) in [7, 11) is 1.48. The van der Waals surface area contributed by atoms with E-state index >= 15 is 0 Å². The van der Waals surface area contributed by atoms with E-state index in [4.69, 9.17) is 4.74 Å². The number of carbonyl (C=O) groups is 1. The summed E-state index contributed by atoms with van der Waals surface area (Å²) < 4.78 is 4.77. The molecular formula is C14H29NO2. The van der Waals surface area contributed by atoms with E-state index < -0.39 is 0 Å². The van der Waals surface area contributed by atoms with Crippen molar-refractivity contribution in [3.63, 3.8) is 0 Å². The summed E-state index contributed by atoms with van der Waals surface area (Å²) >= 11 is 0. The molecule has 3 heteroatoms. The van der Waals surface area contributed by atoms with Crippen LogP contribution in [-0.4, -0.2) is 26.2 Å². The van der Waals surface area contributed by atoms with E-state index in [2.05, 4.69) is 12.2 Å². The molecule has 0 unspecified atom stereocenters. The van der Waals surface area contributed by atoms with Crippen molar-refractivity contribution < 1.29 is 9.53 Å². The largest absolute Gasteiger partial charge is 0.469 e.